The highest BCUT2D eigenvalue weighted by Crippen LogP contribution is 2.40. The molecule has 0 saturated carbocycles. The minimum absolute atomic E-state index is 0.0154. The molecule has 0 fully saturated rings. The number of hydrogen-bond acceptors (Lipinski definition) is 6. The van der Waals surface area contributed by atoms with Gasteiger partial charge in [0.2, 0.25) is 5.91 Å². The summed E-state index contributed by atoms with van der Waals surface area (Å²) in [5.74, 6) is 1.54. The van der Waals surface area contributed by atoms with Crippen LogP contribution in [0.5, 0.6) is 5.75 Å². The lowest BCUT2D eigenvalue weighted by atomic mass is 10.0. The molecule has 2 aromatic heterocycles. The molecule has 0 spiro atoms. The van der Waals surface area contributed by atoms with E-state index in [1.807, 2.05) is 42.5 Å². The molecule has 0 aliphatic rings. The smallest absolute Gasteiger partial charge is 0.222 e. The van der Waals surface area contributed by atoms with Crippen LogP contribution in [-0.4, -0.2) is 29.5 Å². The molecular weight excluding hydrogens is 408 g/mol. The highest BCUT2D eigenvalue weighted by atomic mass is 32.1. The summed E-state index contributed by atoms with van der Waals surface area (Å²) in [7, 11) is 1.63. The quantitative estimate of drug-likeness (QED) is 0.419. The molecule has 0 unspecified atom stereocenters. The van der Waals surface area contributed by atoms with Gasteiger partial charge in [-0.15, -0.1) is 11.3 Å². The van der Waals surface area contributed by atoms with E-state index in [1.165, 1.54) is 4.88 Å². The maximum absolute atomic E-state index is 12.3. The van der Waals surface area contributed by atoms with E-state index < -0.39 is 0 Å². The van der Waals surface area contributed by atoms with E-state index in [-0.39, 0.29) is 5.91 Å². The maximum Gasteiger partial charge on any atom is 0.222 e. The molecule has 0 radical (unpaired) electrons. The Bertz CT molecular complexity index is 1170. The number of rotatable bonds is 8. The number of hydrogen-bond donors (Lipinski definition) is 2. The lowest BCUT2D eigenvalue weighted by molar-refractivity contribution is -0.121. The average molecular weight is 433 g/mol. The Kier molecular flexibility index (Phi) is 6.43. The van der Waals surface area contributed by atoms with Crippen molar-refractivity contribution in [2.24, 2.45) is 0 Å². The fraction of sp³-hybridized carbons (Fsp3) is 0.208. The van der Waals surface area contributed by atoms with Gasteiger partial charge in [0.25, 0.3) is 0 Å². The Hall–Kier alpha value is -3.45. The van der Waals surface area contributed by atoms with E-state index in [2.05, 4.69) is 39.7 Å². The number of aryl methyl sites for hydroxylation is 1. The summed E-state index contributed by atoms with van der Waals surface area (Å²) in [6.45, 7) is 3.08. The predicted molar refractivity (Wildman–Crippen MR) is 126 cm³/mol. The Balaban J connectivity index is 1.40. The number of aromatic nitrogens is 2. The third-order valence-corrected chi connectivity index (χ3v) is 6.03. The van der Waals surface area contributed by atoms with Gasteiger partial charge in [-0.2, -0.15) is 0 Å². The Morgan fingerprint density at radius 1 is 1.06 bits per heavy atom. The lowest BCUT2D eigenvalue weighted by Gasteiger charge is -2.10. The number of anilines is 1. The number of fused-ring (bicyclic) bond motifs is 1. The van der Waals surface area contributed by atoms with Crippen molar-refractivity contribution in [2.45, 2.75) is 19.9 Å². The van der Waals surface area contributed by atoms with Crippen molar-refractivity contribution in [3.05, 3.63) is 71.4 Å². The molecule has 2 heterocycles. The minimum atomic E-state index is -0.0154. The van der Waals surface area contributed by atoms with E-state index in [4.69, 9.17) is 4.74 Å². The molecule has 31 heavy (non-hydrogen) atoms. The normalized spacial score (nSPS) is 10.8. The zero-order chi connectivity index (χ0) is 21.6. The maximum atomic E-state index is 12.3. The van der Waals surface area contributed by atoms with Gasteiger partial charge in [0, 0.05) is 30.0 Å². The highest BCUT2D eigenvalue weighted by Gasteiger charge is 2.16. The van der Waals surface area contributed by atoms with Gasteiger partial charge < -0.3 is 15.4 Å². The van der Waals surface area contributed by atoms with Crippen LogP contribution in [0.4, 0.5) is 5.82 Å². The molecule has 0 atom stereocenters. The first-order chi connectivity index (χ1) is 15.2. The summed E-state index contributed by atoms with van der Waals surface area (Å²) < 4.78 is 5.15. The van der Waals surface area contributed by atoms with Crippen LogP contribution in [0.2, 0.25) is 0 Å². The molecule has 2 aromatic carbocycles. The lowest BCUT2D eigenvalue weighted by Crippen LogP contribution is -2.25. The molecule has 6 nitrogen and oxygen atoms in total. The van der Waals surface area contributed by atoms with Crippen molar-refractivity contribution in [3.63, 3.8) is 0 Å². The van der Waals surface area contributed by atoms with Gasteiger partial charge in [-0.25, -0.2) is 9.97 Å². The number of carbonyl (C=O) groups excluding carboxylic acids is 1. The first kappa shape index (κ1) is 20.8. The summed E-state index contributed by atoms with van der Waals surface area (Å²) in [4.78, 5) is 23.3. The van der Waals surface area contributed by atoms with Crippen LogP contribution in [0.15, 0.2) is 60.9 Å². The number of thiophene rings is 1. The van der Waals surface area contributed by atoms with Crippen LogP contribution in [0, 0.1) is 6.92 Å². The Labute approximate surface area is 185 Å². The summed E-state index contributed by atoms with van der Waals surface area (Å²) in [6, 6.07) is 17.9. The Morgan fingerprint density at radius 2 is 1.84 bits per heavy atom. The molecule has 1 amide bonds. The van der Waals surface area contributed by atoms with Gasteiger partial charge in [-0.3, -0.25) is 4.79 Å². The topological polar surface area (TPSA) is 76.1 Å². The fourth-order valence-corrected chi connectivity index (χ4v) is 4.47. The van der Waals surface area contributed by atoms with E-state index >= 15 is 0 Å². The summed E-state index contributed by atoms with van der Waals surface area (Å²) in [5, 5.41) is 7.29. The van der Waals surface area contributed by atoms with Crippen LogP contribution in [0.3, 0.4) is 0 Å². The fourth-order valence-electron chi connectivity index (χ4n) is 3.46. The van der Waals surface area contributed by atoms with Gasteiger partial charge in [0.1, 0.15) is 22.7 Å². The van der Waals surface area contributed by atoms with Gasteiger partial charge in [0.15, 0.2) is 0 Å². The van der Waals surface area contributed by atoms with E-state index in [1.54, 1.807) is 24.8 Å². The van der Waals surface area contributed by atoms with Crippen molar-refractivity contribution in [1.29, 1.82) is 0 Å². The standard InChI is InChI=1S/C24H24N4O2S/c1-16-21(18-6-4-3-5-7-18)22-23(27-15-28-24(22)31-16)25-13-12-20(29)26-14-17-8-10-19(30-2)11-9-17/h3-11,15H,12-14H2,1-2H3,(H,26,29)(H,25,27,28). The molecule has 158 valence electrons. The zero-order valence-corrected chi connectivity index (χ0v) is 18.3. The third-order valence-electron chi connectivity index (χ3n) is 5.02. The minimum Gasteiger partial charge on any atom is -0.497 e. The number of amides is 1. The van der Waals surface area contributed by atoms with Gasteiger partial charge in [-0.05, 0) is 30.2 Å². The van der Waals surface area contributed by atoms with Crippen LogP contribution >= 0.6 is 11.3 Å². The molecule has 0 aliphatic heterocycles. The van der Waals surface area contributed by atoms with E-state index in [0.29, 0.717) is 19.5 Å². The van der Waals surface area contributed by atoms with E-state index in [0.717, 1.165) is 38.5 Å². The summed E-state index contributed by atoms with van der Waals surface area (Å²) >= 11 is 1.66. The van der Waals surface area contributed by atoms with Crippen LogP contribution < -0.4 is 15.4 Å². The first-order valence-corrected chi connectivity index (χ1v) is 10.9. The molecule has 7 heteroatoms. The van der Waals surface area contributed by atoms with Crippen molar-refractivity contribution < 1.29 is 9.53 Å². The SMILES string of the molecule is COc1ccc(CNC(=O)CCNc2ncnc3sc(C)c(-c4ccccc4)c23)cc1. The number of methoxy groups -OCH3 is 1. The molecule has 0 bridgehead atoms. The Morgan fingerprint density at radius 3 is 2.58 bits per heavy atom. The number of carbonyl (C=O) groups is 1. The monoisotopic (exact) mass is 432 g/mol. The zero-order valence-electron chi connectivity index (χ0n) is 17.5. The van der Waals surface area contributed by atoms with Gasteiger partial charge >= 0.3 is 0 Å². The molecule has 4 aromatic rings. The highest BCUT2D eigenvalue weighted by molar-refractivity contribution is 7.19. The second kappa shape index (κ2) is 9.57. The van der Waals surface area contributed by atoms with E-state index in [9.17, 15) is 4.79 Å². The number of ether oxygens (including phenoxy) is 1. The second-order valence-corrected chi connectivity index (χ2v) is 8.31. The third kappa shape index (κ3) is 4.83. The molecular formula is C24H24N4O2S. The number of benzene rings is 2. The van der Waals surface area contributed by atoms with Crippen LogP contribution in [0.25, 0.3) is 21.3 Å². The molecule has 0 aliphatic carbocycles. The van der Waals surface area contributed by atoms with Crippen LogP contribution in [0.1, 0.15) is 16.9 Å². The average Bonchev–Trinajstić information content (AvgIpc) is 3.15. The van der Waals surface area contributed by atoms with Crippen LogP contribution in [-0.2, 0) is 11.3 Å². The van der Waals surface area contributed by atoms with Crippen molar-refractivity contribution >= 4 is 33.3 Å². The number of nitrogens with zero attached hydrogens (tertiary/aromatic N) is 2. The summed E-state index contributed by atoms with van der Waals surface area (Å²) in [6.07, 6.45) is 1.92. The summed E-state index contributed by atoms with van der Waals surface area (Å²) in [5.41, 5.74) is 3.31. The largest absolute Gasteiger partial charge is 0.497 e. The van der Waals surface area contributed by atoms with Gasteiger partial charge in [-0.1, -0.05) is 42.5 Å². The first-order valence-electron chi connectivity index (χ1n) is 10.1. The number of nitrogens with one attached hydrogen (secondary N) is 2. The molecule has 0 saturated heterocycles. The van der Waals surface area contributed by atoms with Crippen molar-refractivity contribution in [1.82, 2.24) is 15.3 Å². The second-order valence-electron chi connectivity index (χ2n) is 7.10. The van der Waals surface area contributed by atoms with Crippen molar-refractivity contribution in [2.75, 3.05) is 19.0 Å². The van der Waals surface area contributed by atoms with Crippen molar-refractivity contribution in [3.8, 4) is 16.9 Å². The molecule has 2 N–H and O–H groups in total. The van der Waals surface area contributed by atoms with Gasteiger partial charge in [0.05, 0.1) is 12.5 Å². The molecule has 4 rings (SSSR count). The predicted octanol–water partition coefficient (Wildman–Crippen LogP) is 4.79.